The quantitative estimate of drug-likeness (QED) is 0.722. The van der Waals surface area contributed by atoms with Gasteiger partial charge in [-0.1, -0.05) is 35.8 Å². The third-order valence-electron chi connectivity index (χ3n) is 3.01. The second-order valence-electron chi connectivity index (χ2n) is 4.81. The van der Waals surface area contributed by atoms with Crippen LogP contribution in [0.4, 0.5) is 13.2 Å². The molecule has 20 heavy (non-hydrogen) atoms. The van der Waals surface area contributed by atoms with Gasteiger partial charge in [0.15, 0.2) is 0 Å². The highest BCUT2D eigenvalue weighted by Crippen LogP contribution is 2.34. The van der Waals surface area contributed by atoms with Gasteiger partial charge in [0.05, 0.1) is 16.9 Å². The van der Waals surface area contributed by atoms with Crippen molar-refractivity contribution in [2.24, 2.45) is 0 Å². The Kier molecular flexibility index (Phi) is 4.22. The normalized spacial score (nSPS) is 12.2. The van der Waals surface area contributed by atoms with Crippen molar-refractivity contribution >= 4 is 15.9 Å². The SMILES string of the molecule is CC(C)c1ccn(-c2ccc(CBr)c(C(F)(F)F)c2)n1. The van der Waals surface area contributed by atoms with Crippen molar-refractivity contribution < 1.29 is 13.2 Å². The highest BCUT2D eigenvalue weighted by molar-refractivity contribution is 9.08. The van der Waals surface area contributed by atoms with Gasteiger partial charge in [0.25, 0.3) is 0 Å². The van der Waals surface area contributed by atoms with Crippen molar-refractivity contribution in [3.63, 3.8) is 0 Å². The van der Waals surface area contributed by atoms with E-state index in [9.17, 15) is 13.2 Å². The summed E-state index contributed by atoms with van der Waals surface area (Å²) in [7, 11) is 0. The van der Waals surface area contributed by atoms with Crippen LogP contribution in [-0.2, 0) is 11.5 Å². The first kappa shape index (κ1) is 15.1. The van der Waals surface area contributed by atoms with Crippen molar-refractivity contribution in [1.29, 1.82) is 0 Å². The molecule has 0 N–H and O–H groups in total. The molecule has 0 unspecified atom stereocenters. The number of alkyl halides is 4. The molecule has 1 aromatic heterocycles. The lowest BCUT2D eigenvalue weighted by Crippen LogP contribution is -2.10. The van der Waals surface area contributed by atoms with E-state index >= 15 is 0 Å². The van der Waals surface area contributed by atoms with E-state index in [0.29, 0.717) is 5.69 Å². The molecular formula is C14H14BrF3N2. The maximum absolute atomic E-state index is 13.0. The summed E-state index contributed by atoms with van der Waals surface area (Å²) >= 11 is 3.08. The molecule has 2 aromatic rings. The maximum Gasteiger partial charge on any atom is 0.416 e. The number of halogens is 4. The Hall–Kier alpha value is -1.30. The molecule has 0 aliphatic rings. The van der Waals surface area contributed by atoms with Crippen LogP contribution in [-0.4, -0.2) is 9.78 Å². The summed E-state index contributed by atoms with van der Waals surface area (Å²) in [5.41, 5.74) is 0.850. The number of rotatable bonds is 3. The second kappa shape index (κ2) is 5.60. The average Bonchev–Trinajstić information content (AvgIpc) is 2.86. The third kappa shape index (κ3) is 3.06. The molecule has 0 fully saturated rings. The molecule has 108 valence electrons. The molecule has 2 rings (SSSR count). The average molecular weight is 347 g/mol. The standard InChI is InChI=1S/C14H14BrF3N2/c1-9(2)13-5-6-20(19-13)11-4-3-10(8-15)12(7-11)14(16,17)18/h3-7,9H,8H2,1-2H3. The van der Waals surface area contributed by atoms with Crippen LogP contribution in [0.25, 0.3) is 5.69 Å². The van der Waals surface area contributed by atoms with Crippen LogP contribution in [0.2, 0.25) is 0 Å². The molecule has 0 bridgehead atoms. The molecule has 0 radical (unpaired) electrons. The summed E-state index contributed by atoms with van der Waals surface area (Å²) in [6.45, 7) is 3.98. The van der Waals surface area contributed by atoms with E-state index in [1.807, 2.05) is 19.9 Å². The number of hydrogen-bond acceptors (Lipinski definition) is 1. The molecule has 6 heteroatoms. The molecular weight excluding hydrogens is 333 g/mol. The Bertz CT molecular complexity index is 603. The van der Waals surface area contributed by atoms with Crippen LogP contribution in [0.3, 0.4) is 0 Å². The van der Waals surface area contributed by atoms with E-state index in [0.717, 1.165) is 11.8 Å². The minimum Gasteiger partial charge on any atom is -0.241 e. The number of hydrogen-bond donors (Lipinski definition) is 0. The van der Waals surface area contributed by atoms with Gasteiger partial charge in [-0.3, -0.25) is 0 Å². The van der Waals surface area contributed by atoms with Crippen LogP contribution < -0.4 is 0 Å². The second-order valence-corrected chi connectivity index (χ2v) is 5.37. The Morgan fingerprint density at radius 1 is 1.25 bits per heavy atom. The zero-order chi connectivity index (χ0) is 14.9. The minimum absolute atomic E-state index is 0.165. The van der Waals surface area contributed by atoms with E-state index in [4.69, 9.17) is 0 Å². The number of nitrogens with zero attached hydrogens (tertiary/aromatic N) is 2. The van der Waals surface area contributed by atoms with Gasteiger partial charge in [-0.15, -0.1) is 0 Å². The van der Waals surface area contributed by atoms with Crippen LogP contribution in [0.5, 0.6) is 0 Å². The zero-order valence-electron chi connectivity index (χ0n) is 11.1. The number of benzene rings is 1. The van der Waals surface area contributed by atoms with Crippen molar-refractivity contribution in [2.75, 3.05) is 0 Å². The summed E-state index contributed by atoms with van der Waals surface area (Å²) in [5.74, 6) is 0.236. The van der Waals surface area contributed by atoms with Crippen LogP contribution >= 0.6 is 15.9 Å². The Morgan fingerprint density at radius 2 is 1.95 bits per heavy atom. The van der Waals surface area contributed by atoms with E-state index in [-0.39, 0.29) is 16.8 Å². The predicted octanol–water partition coefficient (Wildman–Crippen LogP) is 4.91. The lowest BCUT2D eigenvalue weighted by molar-refractivity contribution is -0.138. The van der Waals surface area contributed by atoms with Gasteiger partial charge in [-0.05, 0) is 29.7 Å². The van der Waals surface area contributed by atoms with Gasteiger partial charge in [-0.25, -0.2) is 4.68 Å². The highest BCUT2D eigenvalue weighted by Gasteiger charge is 2.33. The summed E-state index contributed by atoms with van der Waals surface area (Å²) in [5, 5.41) is 4.46. The fourth-order valence-electron chi connectivity index (χ4n) is 1.88. The first-order valence-corrected chi connectivity index (χ1v) is 7.27. The first-order valence-electron chi connectivity index (χ1n) is 6.15. The molecule has 2 nitrogen and oxygen atoms in total. The molecule has 0 saturated carbocycles. The zero-order valence-corrected chi connectivity index (χ0v) is 12.7. The molecule has 1 heterocycles. The Balaban J connectivity index is 2.47. The van der Waals surface area contributed by atoms with Crippen molar-refractivity contribution in [2.45, 2.75) is 31.3 Å². The molecule has 0 aliphatic heterocycles. The van der Waals surface area contributed by atoms with Gasteiger partial charge in [0.1, 0.15) is 0 Å². The smallest absolute Gasteiger partial charge is 0.241 e. The van der Waals surface area contributed by atoms with Gasteiger partial charge in [0, 0.05) is 11.5 Å². The minimum atomic E-state index is -4.37. The van der Waals surface area contributed by atoms with Gasteiger partial charge >= 0.3 is 6.18 Å². The summed E-state index contributed by atoms with van der Waals surface area (Å²) in [4.78, 5) is 0. The van der Waals surface area contributed by atoms with Crippen LogP contribution in [0.15, 0.2) is 30.5 Å². The summed E-state index contributed by atoms with van der Waals surface area (Å²) in [6, 6.07) is 6.07. The Morgan fingerprint density at radius 3 is 2.45 bits per heavy atom. The van der Waals surface area contributed by atoms with E-state index in [1.165, 1.54) is 10.7 Å². The summed E-state index contributed by atoms with van der Waals surface area (Å²) in [6.07, 6.45) is -2.69. The van der Waals surface area contributed by atoms with Gasteiger partial charge in [-0.2, -0.15) is 18.3 Å². The topological polar surface area (TPSA) is 17.8 Å². The predicted molar refractivity (Wildman–Crippen MR) is 75.3 cm³/mol. The largest absolute Gasteiger partial charge is 0.416 e. The maximum atomic E-state index is 13.0. The van der Waals surface area contributed by atoms with E-state index in [2.05, 4.69) is 21.0 Å². The van der Waals surface area contributed by atoms with E-state index in [1.54, 1.807) is 12.3 Å². The van der Waals surface area contributed by atoms with Crippen molar-refractivity contribution in [3.8, 4) is 5.69 Å². The highest BCUT2D eigenvalue weighted by atomic mass is 79.9. The van der Waals surface area contributed by atoms with Crippen molar-refractivity contribution in [1.82, 2.24) is 9.78 Å². The first-order chi connectivity index (χ1) is 9.32. The fourth-order valence-corrected chi connectivity index (χ4v) is 2.37. The molecule has 0 saturated heterocycles. The third-order valence-corrected chi connectivity index (χ3v) is 3.61. The van der Waals surface area contributed by atoms with E-state index < -0.39 is 11.7 Å². The lowest BCUT2D eigenvalue weighted by Gasteiger charge is -2.13. The fraction of sp³-hybridized carbons (Fsp3) is 0.357. The Labute approximate surface area is 123 Å². The molecule has 0 atom stereocenters. The lowest BCUT2D eigenvalue weighted by atomic mass is 10.1. The van der Waals surface area contributed by atoms with Crippen LogP contribution in [0, 0.1) is 0 Å². The van der Waals surface area contributed by atoms with Crippen molar-refractivity contribution in [3.05, 3.63) is 47.3 Å². The van der Waals surface area contributed by atoms with Crippen LogP contribution in [0.1, 0.15) is 36.6 Å². The molecule has 0 spiro atoms. The summed E-state index contributed by atoms with van der Waals surface area (Å²) < 4.78 is 40.5. The van der Waals surface area contributed by atoms with Gasteiger partial charge < -0.3 is 0 Å². The number of aromatic nitrogens is 2. The molecule has 0 amide bonds. The monoisotopic (exact) mass is 346 g/mol. The molecule has 0 aliphatic carbocycles. The molecule has 1 aromatic carbocycles. The van der Waals surface area contributed by atoms with Gasteiger partial charge in [0.2, 0.25) is 0 Å².